The largest absolute Gasteiger partial charge is 0.481 e. The van der Waals surface area contributed by atoms with Gasteiger partial charge < -0.3 is 20.1 Å². The first-order valence-corrected chi connectivity index (χ1v) is 8.88. The monoisotopic (exact) mass is 364 g/mol. The number of amides is 1. The molecule has 3 N–H and O–H groups in total. The summed E-state index contributed by atoms with van der Waals surface area (Å²) in [7, 11) is 0. The van der Waals surface area contributed by atoms with Crippen LogP contribution in [0.25, 0.3) is 10.9 Å². The molecule has 2 aromatic carbocycles. The summed E-state index contributed by atoms with van der Waals surface area (Å²) in [5.74, 6) is -1.31. The highest BCUT2D eigenvalue weighted by atomic mass is 16.5. The average molecular weight is 364 g/mol. The third kappa shape index (κ3) is 3.03. The average Bonchev–Trinajstić information content (AvgIpc) is 3.21. The van der Waals surface area contributed by atoms with Crippen molar-refractivity contribution in [3.8, 4) is 5.75 Å². The molecule has 1 aliphatic carbocycles. The molecule has 0 spiro atoms. The second-order valence-electron chi connectivity index (χ2n) is 6.76. The van der Waals surface area contributed by atoms with E-state index in [4.69, 9.17) is 15.6 Å². The van der Waals surface area contributed by atoms with Crippen LogP contribution >= 0.6 is 0 Å². The lowest BCUT2D eigenvalue weighted by Crippen LogP contribution is -2.19. The van der Waals surface area contributed by atoms with Crippen LogP contribution in [0, 0.1) is 0 Å². The quantitative estimate of drug-likeness (QED) is 0.703. The van der Waals surface area contributed by atoms with E-state index >= 15 is 0 Å². The predicted octanol–water partition coefficient (Wildman–Crippen LogP) is 2.67. The minimum atomic E-state index is -1.04. The van der Waals surface area contributed by atoms with Crippen molar-refractivity contribution in [3.63, 3.8) is 0 Å². The standard InChI is InChI=1S/C21H20N2O4/c22-21(26)14-9-10-16-19(14)20-15(7-4-8-17(20)27-12-18(24)25)23(16)11-13-5-2-1-3-6-13/h1-8,14H,9-12H2,(H2,22,26)(H,24,25). The minimum absolute atomic E-state index is 0.361. The number of benzene rings is 2. The van der Waals surface area contributed by atoms with Gasteiger partial charge >= 0.3 is 5.97 Å². The third-order valence-corrected chi connectivity index (χ3v) is 5.10. The fourth-order valence-corrected chi connectivity index (χ4v) is 4.01. The summed E-state index contributed by atoms with van der Waals surface area (Å²) in [6.07, 6.45) is 1.42. The Balaban J connectivity index is 1.90. The first kappa shape index (κ1) is 17.1. The number of hydrogen-bond acceptors (Lipinski definition) is 3. The number of fused-ring (bicyclic) bond motifs is 3. The molecular formula is C21H20N2O4. The summed E-state index contributed by atoms with van der Waals surface area (Å²) >= 11 is 0. The number of ether oxygens (including phenoxy) is 1. The van der Waals surface area contributed by atoms with Crippen LogP contribution in [0.15, 0.2) is 48.5 Å². The zero-order chi connectivity index (χ0) is 19.0. The Bertz CT molecular complexity index is 1020. The molecule has 1 atom stereocenters. The van der Waals surface area contributed by atoms with Crippen LogP contribution < -0.4 is 10.5 Å². The van der Waals surface area contributed by atoms with Gasteiger partial charge in [-0.05, 0) is 36.1 Å². The first-order chi connectivity index (χ1) is 13.1. The van der Waals surface area contributed by atoms with E-state index in [-0.39, 0.29) is 11.8 Å². The van der Waals surface area contributed by atoms with Crippen molar-refractivity contribution in [3.05, 3.63) is 65.4 Å². The number of rotatable bonds is 6. The molecule has 0 fully saturated rings. The molecule has 6 nitrogen and oxygen atoms in total. The van der Waals surface area contributed by atoms with Crippen molar-refractivity contribution < 1.29 is 19.4 Å². The predicted molar refractivity (Wildman–Crippen MR) is 101 cm³/mol. The smallest absolute Gasteiger partial charge is 0.341 e. The van der Waals surface area contributed by atoms with Gasteiger partial charge in [-0.2, -0.15) is 0 Å². The molecule has 1 heterocycles. The van der Waals surface area contributed by atoms with E-state index in [2.05, 4.69) is 16.7 Å². The first-order valence-electron chi connectivity index (χ1n) is 8.88. The summed E-state index contributed by atoms with van der Waals surface area (Å²) in [5, 5.41) is 9.77. The molecule has 1 aromatic heterocycles. The number of hydrogen-bond donors (Lipinski definition) is 2. The van der Waals surface area contributed by atoms with Gasteiger partial charge in [0, 0.05) is 17.6 Å². The van der Waals surface area contributed by atoms with Crippen LogP contribution in [0.1, 0.15) is 29.2 Å². The number of aliphatic carboxylic acids is 1. The fourth-order valence-electron chi connectivity index (χ4n) is 4.01. The van der Waals surface area contributed by atoms with Crippen molar-refractivity contribution >= 4 is 22.8 Å². The molecule has 1 unspecified atom stereocenters. The Morgan fingerprint density at radius 1 is 1.15 bits per heavy atom. The molecule has 3 aromatic rings. The number of carbonyl (C=O) groups is 2. The van der Waals surface area contributed by atoms with Crippen LogP contribution in [-0.2, 0) is 22.6 Å². The number of carboxylic acids is 1. The van der Waals surface area contributed by atoms with Gasteiger partial charge in [-0.15, -0.1) is 0 Å². The highest BCUT2D eigenvalue weighted by Gasteiger charge is 2.34. The molecule has 4 rings (SSSR count). The highest BCUT2D eigenvalue weighted by Crippen LogP contribution is 2.44. The molecule has 0 radical (unpaired) electrons. The number of nitrogens with two attached hydrogens (primary N) is 1. The Kier molecular flexibility index (Phi) is 4.32. The van der Waals surface area contributed by atoms with Crippen LogP contribution in [0.4, 0.5) is 0 Å². The summed E-state index contributed by atoms with van der Waals surface area (Å²) in [4.78, 5) is 23.0. The summed E-state index contributed by atoms with van der Waals surface area (Å²) < 4.78 is 7.72. The summed E-state index contributed by atoms with van der Waals surface area (Å²) in [6, 6.07) is 15.6. The van der Waals surface area contributed by atoms with E-state index in [9.17, 15) is 9.59 Å². The molecule has 0 saturated heterocycles. The second kappa shape index (κ2) is 6.79. The lowest BCUT2D eigenvalue weighted by Gasteiger charge is -2.11. The maximum Gasteiger partial charge on any atom is 0.341 e. The Morgan fingerprint density at radius 3 is 2.63 bits per heavy atom. The molecular weight excluding hydrogens is 344 g/mol. The van der Waals surface area contributed by atoms with Gasteiger partial charge in [0.25, 0.3) is 0 Å². The molecule has 0 bridgehead atoms. The summed E-state index contributed by atoms with van der Waals surface area (Å²) in [5.41, 5.74) is 9.69. The van der Waals surface area contributed by atoms with Crippen LogP contribution in [0.2, 0.25) is 0 Å². The normalized spacial score (nSPS) is 15.6. The topological polar surface area (TPSA) is 94.6 Å². The van der Waals surface area contributed by atoms with E-state index in [0.29, 0.717) is 18.7 Å². The maximum absolute atomic E-state index is 12.0. The Hall–Kier alpha value is -3.28. The van der Waals surface area contributed by atoms with Gasteiger partial charge in [0.1, 0.15) is 5.75 Å². The van der Waals surface area contributed by atoms with Crippen molar-refractivity contribution in [1.82, 2.24) is 4.57 Å². The third-order valence-electron chi connectivity index (χ3n) is 5.10. The number of carboxylic acid groups (broad SMARTS) is 1. The van der Waals surface area contributed by atoms with Gasteiger partial charge in [-0.1, -0.05) is 36.4 Å². The van der Waals surface area contributed by atoms with Gasteiger partial charge in [-0.25, -0.2) is 4.79 Å². The lowest BCUT2D eigenvalue weighted by atomic mass is 9.99. The van der Waals surface area contributed by atoms with Gasteiger partial charge in [0.15, 0.2) is 6.61 Å². The molecule has 6 heteroatoms. The van der Waals surface area contributed by atoms with E-state index in [1.54, 1.807) is 6.07 Å². The molecule has 138 valence electrons. The zero-order valence-corrected chi connectivity index (χ0v) is 14.7. The van der Waals surface area contributed by atoms with E-state index in [1.807, 2.05) is 30.3 Å². The van der Waals surface area contributed by atoms with Gasteiger partial charge in [0.05, 0.1) is 11.4 Å². The highest BCUT2D eigenvalue weighted by molar-refractivity contribution is 5.97. The van der Waals surface area contributed by atoms with E-state index < -0.39 is 12.6 Å². The van der Waals surface area contributed by atoms with Crippen molar-refractivity contribution in [2.45, 2.75) is 25.3 Å². The molecule has 0 saturated carbocycles. The zero-order valence-electron chi connectivity index (χ0n) is 14.7. The van der Waals surface area contributed by atoms with E-state index in [1.165, 1.54) is 0 Å². The fraction of sp³-hybridized carbons (Fsp3) is 0.238. The van der Waals surface area contributed by atoms with Crippen molar-refractivity contribution in [1.29, 1.82) is 0 Å². The lowest BCUT2D eigenvalue weighted by molar-refractivity contribution is -0.139. The second-order valence-corrected chi connectivity index (χ2v) is 6.76. The van der Waals surface area contributed by atoms with Crippen molar-refractivity contribution in [2.24, 2.45) is 5.73 Å². The molecule has 27 heavy (non-hydrogen) atoms. The number of aromatic nitrogens is 1. The Labute approximate surface area is 156 Å². The van der Waals surface area contributed by atoms with Crippen LogP contribution in [0.3, 0.4) is 0 Å². The molecule has 1 amide bonds. The number of carbonyl (C=O) groups excluding carboxylic acids is 1. The molecule has 1 aliphatic rings. The van der Waals surface area contributed by atoms with Gasteiger partial charge in [-0.3, -0.25) is 4.79 Å². The van der Waals surface area contributed by atoms with Gasteiger partial charge in [0.2, 0.25) is 5.91 Å². The maximum atomic E-state index is 12.0. The SMILES string of the molecule is NC(=O)C1CCc2c1c1c(OCC(=O)O)cccc1n2Cc1ccccc1. The summed E-state index contributed by atoms with van der Waals surface area (Å²) in [6.45, 7) is 0.236. The van der Waals surface area contributed by atoms with Crippen LogP contribution in [-0.4, -0.2) is 28.2 Å². The van der Waals surface area contributed by atoms with Crippen molar-refractivity contribution in [2.75, 3.05) is 6.61 Å². The Morgan fingerprint density at radius 2 is 1.93 bits per heavy atom. The number of nitrogens with zero attached hydrogens (tertiary/aromatic N) is 1. The number of primary amides is 1. The van der Waals surface area contributed by atoms with Crippen LogP contribution in [0.5, 0.6) is 5.75 Å². The molecule has 0 aliphatic heterocycles. The minimum Gasteiger partial charge on any atom is -0.481 e. The van der Waals surface area contributed by atoms with E-state index in [0.717, 1.165) is 34.1 Å².